The first kappa shape index (κ1) is 17.8. The standard InChI is InChI=1S/C20H22N2O4/c1-3-22(4-2)20(24)14-8-7-9-15(12-14)21-19(23)18-13-25-16-10-5-6-11-17(16)26-18/h5-12,18H,3-4,13H2,1-2H3,(H,21,23). The van der Waals surface area contributed by atoms with Crippen molar-refractivity contribution in [2.75, 3.05) is 25.0 Å². The van der Waals surface area contributed by atoms with Crippen molar-refractivity contribution >= 4 is 17.5 Å². The third kappa shape index (κ3) is 3.79. The highest BCUT2D eigenvalue weighted by Gasteiger charge is 2.27. The predicted molar refractivity (Wildman–Crippen MR) is 98.7 cm³/mol. The lowest BCUT2D eigenvalue weighted by Crippen LogP contribution is -2.40. The van der Waals surface area contributed by atoms with E-state index in [9.17, 15) is 9.59 Å². The van der Waals surface area contributed by atoms with Crippen LogP contribution in [0, 0.1) is 0 Å². The largest absolute Gasteiger partial charge is 0.485 e. The monoisotopic (exact) mass is 354 g/mol. The average molecular weight is 354 g/mol. The lowest BCUT2D eigenvalue weighted by atomic mass is 10.1. The fraction of sp³-hybridized carbons (Fsp3) is 0.300. The molecule has 0 fully saturated rings. The first-order valence-electron chi connectivity index (χ1n) is 8.71. The van der Waals surface area contributed by atoms with Crippen molar-refractivity contribution in [3.8, 4) is 11.5 Å². The molecular weight excluding hydrogens is 332 g/mol. The molecule has 6 nitrogen and oxygen atoms in total. The van der Waals surface area contributed by atoms with Gasteiger partial charge in [0.25, 0.3) is 11.8 Å². The molecule has 0 radical (unpaired) electrons. The fourth-order valence-electron chi connectivity index (χ4n) is 2.79. The smallest absolute Gasteiger partial charge is 0.269 e. The second kappa shape index (κ2) is 7.91. The first-order valence-corrected chi connectivity index (χ1v) is 8.71. The van der Waals surface area contributed by atoms with E-state index in [1.165, 1.54) is 0 Å². The van der Waals surface area contributed by atoms with Gasteiger partial charge in [-0.15, -0.1) is 0 Å². The molecule has 1 N–H and O–H groups in total. The highest BCUT2D eigenvalue weighted by Crippen LogP contribution is 2.31. The van der Waals surface area contributed by atoms with Gasteiger partial charge in [-0.3, -0.25) is 9.59 Å². The minimum atomic E-state index is -0.743. The number of carbonyl (C=O) groups excluding carboxylic acids is 2. The van der Waals surface area contributed by atoms with Crippen LogP contribution in [0.15, 0.2) is 48.5 Å². The number of rotatable bonds is 5. The summed E-state index contributed by atoms with van der Waals surface area (Å²) in [7, 11) is 0. The number of nitrogens with zero attached hydrogens (tertiary/aromatic N) is 1. The molecule has 3 rings (SSSR count). The lowest BCUT2D eigenvalue weighted by molar-refractivity contribution is -0.125. The third-order valence-electron chi connectivity index (χ3n) is 4.23. The van der Waals surface area contributed by atoms with Crippen LogP contribution in [0.2, 0.25) is 0 Å². The van der Waals surface area contributed by atoms with Crippen molar-refractivity contribution in [1.82, 2.24) is 4.90 Å². The van der Waals surface area contributed by atoms with E-state index < -0.39 is 6.10 Å². The number of anilines is 1. The quantitative estimate of drug-likeness (QED) is 0.896. The van der Waals surface area contributed by atoms with E-state index in [4.69, 9.17) is 9.47 Å². The molecule has 136 valence electrons. The number of para-hydroxylation sites is 2. The summed E-state index contributed by atoms with van der Waals surface area (Å²) < 4.78 is 11.3. The molecule has 1 unspecified atom stereocenters. The molecule has 0 saturated heterocycles. The molecule has 0 aliphatic carbocycles. The van der Waals surface area contributed by atoms with Crippen molar-refractivity contribution in [3.05, 3.63) is 54.1 Å². The molecule has 1 heterocycles. The van der Waals surface area contributed by atoms with Crippen molar-refractivity contribution < 1.29 is 19.1 Å². The van der Waals surface area contributed by atoms with Crippen LogP contribution in [0.5, 0.6) is 11.5 Å². The Kier molecular flexibility index (Phi) is 5.41. The Morgan fingerprint density at radius 2 is 1.81 bits per heavy atom. The molecule has 2 aromatic carbocycles. The summed E-state index contributed by atoms with van der Waals surface area (Å²) in [6.45, 7) is 5.29. The van der Waals surface area contributed by atoms with Gasteiger partial charge in [0.15, 0.2) is 11.5 Å². The van der Waals surface area contributed by atoms with Crippen molar-refractivity contribution in [1.29, 1.82) is 0 Å². The fourth-order valence-corrected chi connectivity index (χ4v) is 2.79. The molecule has 0 bridgehead atoms. The minimum absolute atomic E-state index is 0.0581. The van der Waals surface area contributed by atoms with Crippen molar-refractivity contribution in [2.24, 2.45) is 0 Å². The summed E-state index contributed by atoms with van der Waals surface area (Å²) in [5.41, 5.74) is 1.09. The Bertz CT molecular complexity index is 802. The van der Waals surface area contributed by atoms with Gasteiger partial charge >= 0.3 is 0 Å². The number of fused-ring (bicyclic) bond motifs is 1. The average Bonchev–Trinajstić information content (AvgIpc) is 2.68. The lowest BCUT2D eigenvalue weighted by Gasteiger charge is -2.25. The van der Waals surface area contributed by atoms with E-state index in [1.54, 1.807) is 41.3 Å². The summed E-state index contributed by atoms with van der Waals surface area (Å²) in [6.07, 6.45) is -0.743. The Labute approximate surface area is 152 Å². The van der Waals surface area contributed by atoms with Gasteiger partial charge in [0.05, 0.1) is 0 Å². The van der Waals surface area contributed by atoms with Gasteiger partial charge in [-0.2, -0.15) is 0 Å². The summed E-state index contributed by atoms with van der Waals surface area (Å²) in [6, 6.07) is 14.1. The first-order chi connectivity index (χ1) is 12.6. The Morgan fingerprint density at radius 1 is 1.08 bits per heavy atom. The van der Waals surface area contributed by atoms with Gasteiger partial charge < -0.3 is 19.7 Å². The molecule has 1 aliphatic heterocycles. The predicted octanol–water partition coefficient (Wildman–Crippen LogP) is 2.95. The van der Waals surface area contributed by atoms with Crippen LogP contribution in [0.3, 0.4) is 0 Å². The highest BCUT2D eigenvalue weighted by molar-refractivity contribution is 5.98. The Hall–Kier alpha value is -3.02. The van der Waals surface area contributed by atoms with Crippen LogP contribution in [0.4, 0.5) is 5.69 Å². The molecule has 1 atom stereocenters. The van der Waals surface area contributed by atoms with Gasteiger partial charge in [-0.1, -0.05) is 18.2 Å². The van der Waals surface area contributed by atoms with E-state index in [0.717, 1.165) is 0 Å². The van der Waals surface area contributed by atoms with Gasteiger partial charge in [-0.25, -0.2) is 0 Å². The number of ether oxygens (including phenoxy) is 2. The van der Waals surface area contributed by atoms with Crippen LogP contribution in [-0.4, -0.2) is 42.5 Å². The molecule has 26 heavy (non-hydrogen) atoms. The van der Waals surface area contributed by atoms with E-state index in [0.29, 0.717) is 35.8 Å². The molecule has 6 heteroatoms. The maximum absolute atomic E-state index is 12.5. The number of carbonyl (C=O) groups is 2. The van der Waals surface area contributed by atoms with Crippen molar-refractivity contribution in [2.45, 2.75) is 20.0 Å². The second-order valence-corrected chi connectivity index (χ2v) is 5.91. The molecular formula is C20H22N2O4. The molecule has 0 spiro atoms. The van der Waals surface area contributed by atoms with Crippen LogP contribution in [0.1, 0.15) is 24.2 Å². The van der Waals surface area contributed by atoms with E-state index in [1.807, 2.05) is 26.0 Å². The molecule has 1 aliphatic rings. The minimum Gasteiger partial charge on any atom is -0.485 e. The normalized spacial score (nSPS) is 15.2. The van der Waals surface area contributed by atoms with E-state index >= 15 is 0 Å². The maximum atomic E-state index is 12.5. The van der Waals surface area contributed by atoms with Crippen molar-refractivity contribution in [3.63, 3.8) is 0 Å². The summed E-state index contributed by atoms with van der Waals surface area (Å²) in [4.78, 5) is 26.7. The zero-order valence-electron chi connectivity index (χ0n) is 14.9. The van der Waals surface area contributed by atoms with Gasteiger partial charge in [0, 0.05) is 24.3 Å². The molecule has 2 amide bonds. The zero-order chi connectivity index (χ0) is 18.5. The third-order valence-corrected chi connectivity index (χ3v) is 4.23. The second-order valence-electron chi connectivity index (χ2n) is 5.91. The number of benzene rings is 2. The number of amides is 2. The summed E-state index contributed by atoms with van der Waals surface area (Å²) in [5.74, 6) is 0.803. The molecule has 0 saturated carbocycles. The van der Waals surface area contributed by atoms with E-state index in [-0.39, 0.29) is 18.4 Å². The van der Waals surface area contributed by atoms with Crippen LogP contribution >= 0.6 is 0 Å². The SMILES string of the molecule is CCN(CC)C(=O)c1cccc(NC(=O)C2COc3ccccc3O2)c1. The number of nitrogens with one attached hydrogen (secondary N) is 1. The molecule has 2 aromatic rings. The topological polar surface area (TPSA) is 67.9 Å². The van der Waals surface area contributed by atoms with Crippen LogP contribution < -0.4 is 14.8 Å². The zero-order valence-corrected chi connectivity index (χ0v) is 14.9. The maximum Gasteiger partial charge on any atom is 0.269 e. The van der Waals surface area contributed by atoms with Gasteiger partial charge in [-0.05, 0) is 44.2 Å². The van der Waals surface area contributed by atoms with E-state index in [2.05, 4.69) is 5.32 Å². The Morgan fingerprint density at radius 3 is 2.54 bits per heavy atom. The van der Waals surface area contributed by atoms with Gasteiger partial charge in [0.1, 0.15) is 6.61 Å². The highest BCUT2D eigenvalue weighted by atomic mass is 16.6. The van der Waals surface area contributed by atoms with Crippen LogP contribution in [-0.2, 0) is 4.79 Å². The Balaban J connectivity index is 1.69. The summed E-state index contributed by atoms with van der Waals surface area (Å²) >= 11 is 0. The molecule has 0 aromatic heterocycles. The number of hydrogen-bond donors (Lipinski definition) is 1. The summed E-state index contributed by atoms with van der Waals surface area (Å²) in [5, 5.41) is 2.80. The van der Waals surface area contributed by atoms with Crippen LogP contribution in [0.25, 0.3) is 0 Å². The number of hydrogen-bond acceptors (Lipinski definition) is 4. The van der Waals surface area contributed by atoms with Gasteiger partial charge in [0.2, 0.25) is 6.10 Å².